The summed E-state index contributed by atoms with van der Waals surface area (Å²) >= 11 is 0. The predicted molar refractivity (Wildman–Crippen MR) is 46.7 cm³/mol. The first-order chi connectivity index (χ1) is 6.79. The molecular formula is C9H6N2O3. The number of carboxylic acids is 1. The van der Waals surface area contributed by atoms with Gasteiger partial charge in [-0.2, -0.15) is 0 Å². The molecule has 5 nitrogen and oxygen atoms in total. The van der Waals surface area contributed by atoms with E-state index in [4.69, 9.17) is 9.52 Å². The van der Waals surface area contributed by atoms with Gasteiger partial charge in [-0.25, -0.2) is 9.78 Å². The minimum atomic E-state index is -1.05. The Bertz CT molecular complexity index is 451. The third-order valence-corrected chi connectivity index (χ3v) is 1.67. The maximum Gasteiger partial charge on any atom is 0.338 e. The minimum Gasteiger partial charge on any atom is -0.478 e. The van der Waals surface area contributed by atoms with Crippen LogP contribution in [0.3, 0.4) is 0 Å². The fourth-order valence-corrected chi connectivity index (χ4v) is 1.09. The molecule has 0 amide bonds. The van der Waals surface area contributed by atoms with Crippen LogP contribution in [0.25, 0.3) is 11.6 Å². The van der Waals surface area contributed by atoms with Crippen LogP contribution in [0, 0.1) is 0 Å². The molecule has 0 aliphatic rings. The van der Waals surface area contributed by atoms with Gasteiger partial charge < -0.3 is 9.52 Å². The van der Waals surface area contributed by atoms with Gasteiger partial charge in [0.25, 0.3) is 0 Å². The van der Waals surface area contributed by atoms with Gasteiger partial charge in [0.15, 0.2) is 0 Å². The van der Waals surface area contributed by atoms with Gasteiger partial charge in [0.2, 0.25) is 5.89 Å². The number of carbonyl (C=O) groups is 1. The lowest BCUT2D eigenvalue weighted by Gasteiger charge is -1.98. The topological polar surface area (TPSA) is 76.2 Å². The van der Waals surface area contributed by atoms with Crippen LogP contribution >= 0.6 is 0 Å². The summed E-state index contributed by atoms with van der Waals surface area (Å²) < 4.78 is 4.97. The number of nitrogens with zero attached hydrogens (tertiary/aromatic N) is 2. The van der Waals surface area contributed by atoms with E-state index in [9.17, 15) is 4.79 Å². The third kappa shape index (κ3) is 1.35. The lowest BCUT2D eigenvalue weighted by Crippen LogP contribution is -2.00. The zero-order valence-corrected chi connectivity index (χ0v) is 7.04. The van der Waals surface area contributed by atoms with E-state index in [1.54, 1.807) is 6.07 Å². The van der Waals surface area contributed by atoms with Crippen LogP contribution in [0.1, 0.15) is 10.4 Å². The van der Waals surface area contributed by atoms with Crippen LogP contribution in [0.4, 0.5) is 0 Å². The van der Waals surface area contributed by atoms with Crippen molar-refractivity contribution in [1.82, 2.24) is 9.97 Å². The highest BCUT2D eigenvalue weighted by Gasteiger charge is 2.15. The molecule has 5 heteroatoms. The molecule has 2 aromatic heterocycles. The first-order valence-corrected chi connectivity index (χ1v) is 3.87. The van der Waals surface area contributed by atoms with Crippen molar-refractivity contribution in [2.75, 3.05) is 0 Å². The molecule has 0 atom stereocenters. The van der Waals surface area contributed by atoms with Gasteiger partial charge in [-0.15, -0.1) is 0 Å². The van der Waals surface area contributed by atoms with E-state index in [0.29, 0.717) is 0 Å². The second kappa shape index (κ2) is 3.29. The smallest absolute Gasteiger partial charge is 0.338 e. The van der Waals surface area contributed by atoms with Crippen LogP contribution < -0.4 is 0 Å². The van der Waals surface area contributed by atoms with Gasteiger partial charge in [0.1, 0.15) is 12.0 Å². The van der Waals surface area contributed by atoms with E-state index < -0.39 is 5.97 Å². The highest BCUT2D eigenvalue weighted by Crippen LogP contribution is 2.18. The summed E-state index contributed by atoms with van der Waals surface area (Å²) in [4.78, 5) is 18.5. The fourth-order valence-electron chi connectivity index (χ4n) is 1.09. The van der Waals surface area contributed by atoms with E-state index in [-0.39, 0.29) is 17.1 Å². The number of aromatic nitrogens is 2. The third-order valence-electron chi connectivity index (χ3n) is 1.67. The molecule has 0 radical (unpaired) electrons. The van der Waals surface area contributed by atoms with Crippen molar-refractivity contribution >= 4 is 5.97 Å². The highest BCUT2D eigenvalue weighted by molar-refractivity contribution is 5.93. The van der Waals surface area contributed by atoms with Crippen LogP contribution in [0.15, 0.2) is 35.2 Å². The summed E-state index contributed by atoms with van der Waals surface area (Å²) in [5.74, 6) is -0.839. The van der Waals surface area contributed by atoms with E-state index in [1.165, 1.54) is 24.7 Å². The van der Waals surface area contributed by atoms with Crippen molar-refractivity contribution < 1.29 is 14.3 Å². The van der Waals surface area contributed by atoms with Crippen LogP contribution in [-0.2, 0) is 0 Å². The molecule has 14 heavy (non-hydrogen) atoms. The maximum absolute atomic E-state index is 10.8. The average molecular weight is 190 g/mol. The summed E-state index contributed by atoms with van der Waals surface area (Å²) in [6.45, 7) is 0. The predicted octanol–water partition coefficient (Wildman–Crippen LogP) is 1.43. The molecular weight excluding hydrogens is 184 g/mol. The monoisotopic (exact) mass is 190 g/mol. The molecule has 2 aromatic rings. The molecule has 0 bridgehead atoms. The lowest BCUT2D eigenvalue weighted by molar-refractivity contribution is 0.0697. The summed E-state index contributed by atoms with van der Waals surface area (Å²) in [5, 5.41) is 8.86. The van der Waals surface area contributed by atoms with E-state index >= 15 is 0 Å². The van der Waals surface area contributed by atoms with E-state index in [0.717, 1.165) is 0 Å². The number of aromatic carboxylic acids is 1. The molecule has 2 rings (SSSR count). The van der Waals surface area contributed by atoms with Gasteiger partial charge in [-0.3, -0.25) is 4.98 Å². The van der Waals surface area contributed by atoms with Gasteiger partial charge in [0.05, 0.1) is 11.8 Å². The van der Waals surface area contributed by atoms with Crippen molar-refractivity contribution in [2.45, 2.75) is 0 Å². The molecule has 0 unspecified atom stereocenters. The summed E-state index contributed by atoms with van der Waals surface area (Å²) in [7, 11) is 0. The number of pyridine rings is 1. The standard InChI is InChI=1S/C9H6N2O3/c12-9(13)6-2-1-3-10-7(6)8-11-4-5-14-8/h1-5H,(H,12,13). The molecule has 0 fully saturated rings. The Labute approximate surface area is 79.0 Å². The van der Waals surface area contributed by atoms with Crippen molar-refractivity contribution in [1.29, 1.82) is 0 Å². The zero-order valence-electron chi connectivity index (χ0n) is 7.04. The fraction of sp³-hybridized carbons (Fsp3) is 0. The molecule has 0 spiro atoms. The van der Waals surface area contributed by atoms with Crippen molar-refractivity contribution in [3.05, 3.63) is 36.4 Å². The lowest BCUT2D eigenvalue weighted by atomic mass is 10.2. The van der Waals surface area contributed by atoms with E-state index in [1.807, 2.05) is 0 Å². The quantitative estimate of drug-likeness (QED) is 0.775. The number of rotatable bonds is 2. The largest absolute Gasteiger partial charge is 0.478 e. The van der Waals surface area contributed by atoms with Crippen LogP contribution in [0.2, 0.25) is 0 Å². The molecule has 0 saturated heterocycles. The Morgan fingerprint density at radius 1 is 1.36 bits per heavy atom. The summed E-state index contributed by atoms with van der Waals surface area (Å²) in [6, 6.07) is 3.00. The molecule has 0 saturated carbocycles. The molecule has 0 aliphatic carbocycles. The number of hydrogen-bond donors (Lipinski definition) is 1. The molecule has 1 N–H and O–H groups in total. The average Bonchev–Trinajstić information content (AvgIpc) is 2.70. The Kier molecular flexibility index (Phi) is 1.98. The number of carboxylic acid groups (broad SMARTS) is 1. The van der Waals surface area contributed by atoms with Crippen molar-refractivity contribution in [3.8, 4) is 11.6 Å². The van der Waals surface area contributed by atoms with Crippen molar-refractivity contribution in [3.63, 3.8) is 0 Å². The maximum atomic E-state index is 10.8. The molecule has 0 aliphatic heterocycles. The van der Waals surface area contributed by atoms with Gasteiger partial charge in [-0.05, 0) is 12.1 Å². The minimum absolute atomic E-state index is 0.0787. The Hall–Kier alpha value is -2.17. The van der Waals surface area contributed by atoms with Crippen LogP contribution in [0.5, 0.6) is 0 Å². The van der Waals surface area contributed by atoms with Crippen LogP contribution in [-0.4, -0.2) is 21.0 Å². The Morgan fingerprint density at radius 3 is 2.86 bits per heavy atom. The van der Waals surface area contributed by atoms with E-state index in [2.05, 4.69) is 9.97 Å². The highest BCUT2D eigenvalue weighted by atomic mass is 16.4. The molecule has 70 valence electrons. The Balaban J connectivity index is 2.58. The van der Waals surface area contributed by atoms with Gasteiger partial charge in [0, 0.05) is 6.20 Å². The van der Waals surface area contributed by atoms with Crippen molar-refractivity contribution in [2.24, 2.45) is 0 Å². The molecule has 2 heterocycles. The number of hydrogen-bond acceptors (Lipinski definition) is 4. The number of oxazole rings is 1. The normalized spacial score (nSPS) is 10.0. The first-order valence-electron chi connectivity index (χ1n) is 3.87. The SMILES string of the molecule is O=C(O)c1cccnc1-c1ncco1. The Morgan fingerprint density at radius 2 is 2.21 bits per heavy atom. The second-order valence-electron chi connectivity index (χ2n) is 2.54. The second-order valence-corrected chi connectivity index (χ2v) is 2.54. The summed E-state index contributed by atoms with van der Waals surface area (Å²) in [5.41, 5.74) is 0.319. The molecule has 0 aromatic carbocycles. The zero-order chi connectivity index (χ0) is 9.97. The summed E-state index contributed by atoms with van der Waals surface area (Å²) in [6.07, 6.45) is 4.30. The van der Waals surface area contributed by atoms with Gasteiger partial charge >= 0.3 is 5.97 Å². The first kappa shape index (κ1) is 8.43. The van der Waals surface area contributed by atoms with Gasteiger partial charge in [-0.1, -0.05) is 0 Å².